The number of fused-ring (bicyclic) bond motifs is 1. The van der Waals surface area contributed by atoms with E-state index in [0.29, 0.717) is 21.7 Å². The molecule has 0 saturated heterocycles. The first kappa shape index (κ1) is 17.1. The topological polar surface area (TPSA) is 98.3 Å². The third-order valence-electron chi connectivity index (χ3n) is 4.09. The van der Waals surface area contributed by atoms with Gasteiger partial charge in [-0.15, -0.1) is 11.3 Å². The quantitative estimate of drug-likeness (QED) is 0.543. The number of thiazole rings is 1. The van der Waals surface area contributed by atoms with Crippen molar-refractivity contribution in [3.8, 4) is 10.6 Å². The summed E-state index contributed by atoms with van der Waals surface area (Å²) in [5.74, 6) is -1.02. The molecule has 7 nitrogen and oxygen atoms in total. The number of nitrogens with zero attached hydrogens (tertiary/aromatic N) is 3. The summed E-state index contributed by atoms with van der Waals surface area (Å²) >= 11 is 1.08. The first-order valence-corrected chi connectivity index (χ1v) is 8.53. The van der Waals surface area contributed by atoms with Gasteiger partial charge in [0.15, 0.2) is 0 Å². The lowest BCUT2D eigenvalue weighted by Gasteiger charge is -2.11. The fourth-order valence-corrected chi connectivity index (χ4v) is 3.87. The molecule has 1 N–H and O–H groups in total. The fourth-order valence-electron chi connectivity index (χ4n) is 2.98. The molecule has 0 spiro atoms. The van der Waals surface area contributed by atoms with Crippen molar-refractivity contribution >= 4 is 33.9 Å². The molecule has 8 heteroatoms. The Morgan fingerprint density at radius 2 is 2.04 bits per heavy atom. The Balaban J connectivity index is 2.29. The largest absolute Gasteiger partial charge is 0.477 e. The second-order valence-electron chi connectivity index (χ2n) is 6.20. The highest BCUT2D eigenvalue weighted by atomic mass is 32.1. The van der Waals surface area contributed by atoms with Crippen LogP contribution >= 0.6 is 11.3 Å². The van der Waals surface area contributed by atoms with Crippen molar-refractivity contribution in [3.63, 3.8) is 0 Å². The molecule has 0 radical (unpaired) electrons. The third kappa shape index (κ3) is 2.78. The minimum Gasteiger partial charge on any atom is -0.477 e. The first-order valence-electron chi connectivity index (χ1n) is 7.71. The van der Waals surface area contributed by atoms with Crippen molar-refractivity contribution in [3.05, 3.63) is 44.6 Å². The van der Waals surface area contributed by atoms with E-state index in [2.05, 4.69) is 4.98 Å². The average molecular weight is 359 g/mol. The zero-order valence-electron chi connectivity index (χ0n) is 14.2. The second-order valence-corrected chi connectivity index (χ2v) is 7.20. The maximum atomic E-state index is 11.5. The molecule has 0 aliphatic rings. The SMILES string of the molecule is Cc1nc(-c2cc(C)c3c(c2)c([N+](=O)[O-])cn3C(C)C)sc1C(=O)O. The van der Waals surface area contributed by atoms with Crippen molar-refractivity contribution in [2.45, 2.75) is 33.7 Å². The number of rotatable bonds is 4. The number of hydrogen-bond acceptors (Lipinski definition) is 5. The lowest BCUT2D eigenvalue weighted by atomic mass is 10.1. The van der Waals surface area contributed by atoms with Gasteiger partial charge in [-0.3, -0.25) is 10.1 Å². The molecule has 130 valence electrons. The summed E-state index contributed by atoms with van der Waals surface area (Å²) in [5, 5.41) is 21.8. The van der Waals surface area contributed by atoms with Crippen LogP contribution in [0.15, 0.2) is 18.3 Å². The van der Waals surface area contributed by atoms with Gasteiger partial charge in [0, 0.05) is 11.6 Å². The van der Waals surface area contributed by atoms with Gasteiger partial charge in [-0.05, 0) is 45.4 Å². The maximum absolute atomic E-state index is 11.5. The molecule has 25 heavy (non-hydrogen) atoms. The van der Waals surface area contributed by atoms with E-state index in [1.165, 1.54) is 0 Å². The van der Waals surface area contributed by atoms with Crippen molar-refractivity contribution in [2.24, 2.45) is 0 Å². The van der Waals surface area contributed by atoms with Crippen LogP contribution < -0.4 is 0 Å². The molecule has 3 aromatic rings. The van der Waals surface area contributed by atoms with E-state index in [-0.39, 0.29) is 21.5 Å². The smallest absolute Gasteiger partial charge is 0.347 e. The van der Waals surface area contributed by atoms with Gasteiger partial charge in [0.05, 0.1) is 27.7 Å². The highest BCUT2D eigenvalue weighted by Crippen LogP contribution is 2.37. The molecular formula is C17H17N3O4S. The summed E-state index contributed by atoms with van der Waals surface area (Å²) in [6, 6.07) is 3.71. The standard InChI is InChI=1S/C17H17N3O4S/c1-8(2)19-7-13(20(23)24)12-6-11(5-9(3)14(12)19)16-18-10(4)15(25-16)17(21)22/h5-8H,1-4H3,(H,21,22). The zero-order valence-corrected chi connectivity index (χ0v) is 15.0. The average Bonchev–Trinajstić information content (AvgIpc) is 3.08. The molecule has 2 heterocycles. The maximum Gasteiger partial charge on any atom is 0.347 e. The molecule has 0 aliphatic carbocycles. The van der Waals surface area contributed by atoms with Crippen LogP contribution in [0.25, 0.3) is 21.5 Å². The number of aromatic carboxylic acids is 1. The van der Waals surface area contributed by atoms with E-state index in [4.69, 9.17) is 0 Å². The van der Waals surface area contributed by atoms with Gasteiger partial charge < -0.3 is 9.67 Å². The van der Waals surface area contributed by atoms with E-state index in [1.807, 2.05) is 31.4 Å². The molecule has 0 amide bonds. The predicted molar refractivity (Wildman–Crippen MR) is 96.5 cm³/mol. The van der Waals surface area contributed by atoms with Crippen LogP contribution in [0.5, 0.6) is 0 Å². The summed E-state index contributed by atoms with van der Waals surface area (Å²) in [6.45, 7) is 7.49. The van der Waals surface area contributed by atoms with Gasteiger partial charge in [-0.25, -0.2) is 9.78 Å². The molecule has 0 fully saturated rings. The van der Waals surface area contributed by atoms with Crippen molar-refractivity contribution in [1.29, 1.82) is 0 Å². The van der Waals surface area contributed by atoms with Crippen molar-refractivity contribution in [1.82, 2.24) is 9.55 Å². The van der Waals surface area contributed by atoms with Crippen LogP contribution in [0.4, 0.5) is 5.69 Å². The van der Waals surface area contributed by atoms with Crippen LogP contribution in [0, 0.1) is 24.0 Å². The Morgan fingerprint density at radius 3 is 2.56 bits per heavy atom. The summed E-state index contributed by atoms with van der Waals surface area (Å²) < 4.78 is 1.89. The monoisotopic (exact) mass is 359 g/mol. The van der Waals surface area contributed by atoms with Gasteiger partial charge in [0.2, 0.25) is 0 Å². The van der Waals surface area contributed by atoms with Crippen molar-refractivity contribution in [2.75, 3.05) is 0 Å². The molecule has 3 rings (SSSR count). The number of benzene rings is 1. The van der Waals surface area contributed by atoms with Crippen LogP contribution in [0.2, 0.25) is 0 Å². The number of aryl methyl sites for hydroxylation is 2. The number of carboxylic acids is 1. The Morgan fingerprint density at radius 1 is 1.36 bits per heavy atom. The first-order chi connectivity index (χ1) is 11.7. The lowest BCUT2D eigenvalue weighted by Crippen LogP contribution is -1.99. The molecular weight excluding hydrogens is 342 g/mol. The number of carbonyl (C=O) groups is 1. The zero-order chi connectivity index (χ0) is 18.5. The minimum absolute atomic E-state index is 0.0420. The second kappa shape index (κ2) is 5.96. The molecule has 0 unspecified atom stereocenters. The van der Waals surface area contributed by atoms with Gasteiger partial charge >= 0.3 is 5.97 Å². The molecule has 1 aromatic carbocycles. The van der Waals surface area contributed by atoms with Gasteiger partial charge in [-0.2, -0.15) is 0 Å². The number of aromatic nitrogens is 2. The lowest BCUT2D eigenvalue weighted by molar-refractivity contribution is -0.383. The predicted octanol–water partition coefficient (Wildman–Crippen LogP) is 4.57. The van der Waals surface area contributed by atoms with Crippen molar-refractivity contribution < 1.29 is 14.8 Å². The molecule has 0 bridgehead atoms. The fraction of sp³-hybridized carbons (Fsp3) is 0.294. The molecule has 2 aromatic heterocycles. The van der Waals surface area contributed by atoms with Gasteiger partial charge in [-0.1, -0.05) is 0 Å². The van der Waals surface area contributed by atoms with E-state index in [1.54, 1.807) is 19.2 Å². The molecule has 0 saturated carbocycles. The van der Waals surface area contributed by atoms with Gasteiger partial charge in [0.25, 0.3) is 5.69 Å². The third-order valence-corrected chi connectivity index (χ3v) is 5.28. The number of carboxylic acid groups (broad SMARTS) is 1. The van der Waals surface area contributed by atoms with E-state index >= 15 is 0 Å². The van der Waals surface area contributed by atoms with Crippen LogP contribution in [0.1, 0.15) is 40.8 Å². The van der Waals surface area contributed by atoms with Crippen LogP contribution in [-0.2, 0) is 0 Å². The summed E-state index contributed by atoms with van der Waals surface area (Å²) in [5.41, 5.74) is 2.88. The van der Waals surface area contributed by atoms with Gasteiger partial charge in [0.1, 0.15) is 9.88 Å². The summed E-state index contributed by atoms with van der Waals surface area (Å²) in [4.78, 5) is 26.8. The van der Waals surface area contributed by atoms with E-state index in [0.717, 1.165) is 22.4 Å². The minimum atomic E-state index is -1.02. The van der Waals surface area contributed by atoms with Crippen LogP contribution in [0.3, 0.4) is 0 Å². The van der Waals surface area contributed by atoms with E-state index in [9.17, 15) is 20.0 Å². The Labute approximate surface area is 147 Å². The summed E-state index contributed by atoms with van der Waals surface area (Å²) in [7, 11) is 0. The Hall–Kier alpha value is -2.74. The normalized spacial score (nSPS) is 11.4. The molecule has 0 atom stereocenters. The number of hydrogen-bond donors (Lipinski definition) is 1. The van der Waals surface area contributed by atoms with Crippen LogP contribution in [-0.4, -0.2) is 25.6 Å². The Kier molecular flexibility index (Phi) is 4.08. The number of nitro groups is 1. The highest BCUT2D eigenvalue weighted by Gasteiger charge is 2.23. The highest BCUT2D eigenvalue weighted by molar-refractivity contribution is 7.17. The molecule has 0 aliphatic heterocycles. The Bertz CT molecular complexity index is 1020. The van der Waals surface area contributed by atoms with E-state index < -0.39 is 5.97 Å². The summed E-state index contributed by atoms with van der Waals surface area (Å²) in [6.07, 6.45) is 1.56.